The van der Waals surface area contributed by atoms with Crippen LogP contribution < -0.4 is 10.6 Å². The van der Waals surface area contributed by atoms with E-state index in [1.807, 2.05) is 31.2 Å². The molecule has 26 heavy (non-hydrogen) atoms. The molecule has 0 aliphatic carbocycles. The molecule has 0 bridgehead atoms. The fraction of sp³-hybridized carbons (Fsp3) is 0.474. The summed E-state index contributed by atoms with van der Waals surface area (Å²) in [6.07, 6.45) is 1.67. The minimum Gasteiger partial charge on any atom is -0.352 e. The van der Waals surface area contributed by atoms with Crippen molar-refractivity contribution < 1.29 is 9.59 Å². The Morgan fingerprint density at radius 1 is 1.23 bits per heavy atom. The summed E-state index contributed by atoms with van der Waals surface area (Å²) in [6.45, 7) is 9.84. The first-order valence-corrected chi connectivity index (χ1v) is 9.24. The SMILES string of the molecule is C=CCNC(=O)CN1CCN(C(C)C(=O)NCc2ccccc2Cl)CC1. The summed E-state index contributed by atoms with van der Waals surface area (Å²) >= 11 is 6.12. The smallest absolute Gasteiger partial charge is 0.237 e. The van der Waals surface area contributed by atoms with Gasteiger partial charge in [0.05, 0.1) is 12.6 Å². The maximum absolute atomic E-state index is 12.4. The van der Waals surface area contributed by atoms with E-state index in [0.29, 0.717) is 24.7 Å². The Hall–Kier alpha value is -1.89. The van der Waals surface area contributed by atoms with Crippen molar-refractivity contribution in [1.82, 2.24) is 20.4 Å². The number of amides is 2. The van der Waals surface area contributed by atoms with E-state index < -0.39 is 0 Å². The first kappa shape index (κ1) is 20.4. The molecule has 1 atom stereocenters. The highest BCUT2D eigenvalue weighted by Crippen LogP contribution is 2.14. The first-order valence-electron chi connectivity index (χ1n) is 8.86. The third kappa shape index (κ3) is 6.12. The quantitative estimate of drug-likeness (QED) is 0.668. The maximum Gasteiger partial charge on any atom is 0.237 e. The molecule has 1 fully saturated rings. The van der Waals surface area contributed by atoms with Crippen molar-refractivity contribution in [3.63, 3.8) is 0 Å². The van der Waals surface area contributed by atoms with E-state index in [2.05, 4.69) is 27.0 Å². The predicted octanol–water partition coefficient (Wildman–Crippen LogP) is 1.26. The maximum atomic E-state index is 12.4. The number of hydrogen-bond acceptors (Lipinski definition) is 4. The van der Waals surface area contributed by atoms with Crippen LogP contribution in [0.15, 0.2) is 36.9 Å². The van der Waals surface area contributed by atoms with Gasteiger partial charge < -0.3 is 10.6 Å². The zero-order chi connectivity index (χ0) is 18.9. The zero-order valence-corrected chi connectivity index (χ0v) is 16.0. The lowest BCUT2D eigenvalue weighted by Gasteiger charge is -2.37. The fourth-order valence-electron chi connectivity index (χ4n) is 2.89. The molecule has 0 radical (unpaired) electrons. The lowest BCUT2D eigenvalue weighted by molar-refractivity contribution is -0.128. The second-order valence-electron chi connectivity index (χ2n) is 6.39. The molecule has 1 unspecified atom stereocenters. The van der Waals surface area contributed by atoms with Crippen molar-refractivity contribution in [2.75, 3.05) is 39.3 Å². The Morgan fingerprint density at radius 3 is 2.58 bits per heavy atom. The summed E-state index contributed by atoms with van der Waals surface area (Å²) < 4.78 is 0. The van der Waals surface area contributed by atoms with Crippen molar-refractivity contribution >= 4 is 23.4 Å². The minimum absolute atomic E-state index is 0.00359. The number of piperazine rings is 1. The molecule has 1 heterocycles. The highest BCUT2D eigenvalue weighted by atomic mass is 35.5. The van der Waals surface area contributed by atoms with Crippen molar-refractivity contribution in [2.45, 2.75) is 19.5 Å². The van der Waals surface area contributed by atoms with Crippen molar-refractivity contribution in [3.8, 4) is 0 Å². The highest BCUT2D eigenvalue weighted by molar-refractivity contribution is 6.31. The summed E-state index contributed by atoms with van der Waals surface area (Å²) in [5.74, 6) is -0.00835. The van der Waals surface area contributed by atoms with Gasteiger partial charge in [-0.25, -0.2) is 0 Å². The second kappa shape index (κ2) is 10.3. The monoisotopic (exact) mass is 378 g/mol. The van der Waals surface area contributed by atoms with Gasteiger partial charge in [-0.3, -0.25) is 19.4 Å². The molecule has 7 heteroatoms. The Kier molecular flexibility index (Phi) is 8.09. The summed E-state index contributed by atoms with van der Waals surface area (Å²) in [4.78, 5) is 28.4. The molecule has 1 aliphatic rings. The van der Waals surface area contributed by atoms with Crippen LogP contribution in [0, 0.1) is 0 Å². The summed E-state index contributed by atoms with van der Waals surface area (Å²) in [7, 11) is 0. The first-order chi connectivity index (χ1) is 12.5. The third-order valence-electron chi connectivity index (χ3n) is 4.56. The van der Waals surface area contributed by atoms with Gasteiger partial charge in [-0.2, -0.15) is 0 Å². The number of benzene rings is 1. The molecule has 0 saturated carbocycles. The van der Waals surface area contributed by atoms with Gasteiger partial charge >= 0.3 is 0 Å². The van der Waals surface area contributed by atoms with Crippen LogP contribution in [0.5, 0.6) is 0 Å². The Balaban J connectivity index is 1.74. The van der Waals surface area contributed by atoms with E-state index in [1.54, 1.807) is 6.08 Å². The summed E-state index contributed by atoms with van der Waals surface area (Å²) in [5.41, 5.74) is 0.907. The van der Waals surface area contributed by atoms with Gasteiger partial charge in [-0.05, 0) is 18.6 Å². The number of nitrogens with one attached hydrogen (secondary N) is 2. The van der Waals surface area contributed by atoms with Gasteiger partial charge in [0.15, 0.2) is 0 Å². The number of halogens is 1. The van der Waals surface area contributed by atoms with Crippen molar-refractivity contribution in [1.29, 1.82) is 0 Å². The van der Waals surface area contributed by atoms with Gasteiger partial charge in [0.25, 0.3) is 0 Å². The molecule has 0 spiro atoms. The Labute approximate surface area is 160 Å². The Bertz CT molecular complexity index is 630. The number of carbonyl (C=O) groups is 2. The number of nitrogens with zero attached hydrogens (tertiary/aromatic N) is 2. The molecule has 1 aliphatic heterocycles. The minimum atomic E-state index is -0.214. The van der Waals surface area contributed by atoms with Crippen LogP contribution in [0.25, 0.3) is 0 Å². The van der Waals surface area contributed by atoms with Crippen LogP contribution in [0.1, 0.15) is 12.5 Å². The molecule has 0 aromatic heterocycles. The molecule has 1 saturated heterocycles. The predicted molar refractivity (Wildman–Crippen MR) is 104 cm³/mol. The van der Waals surface area contributed by atoms with Gasteiger partial charge in [0.2, 0.25) is 11.8 Å². The van der Waals surface area contributed by atoms with Gasteiger partial charge in [0, 0.05) is 44.3 Å². The third-order valence-corrected chi connectivity index (χ3v) is 4.92. The molecule has 1 aromatic carbocycles. The van der Waals surface area contributed by atoms with E-state index in [-0.39, 0.29) is 17.9 Å². The van der Waals surface area contributed by atoms with E-state index in [0.717, 1.165) is 31.7 Å². The van der Waals surface area contributed by atoms with Gasteiger partial charge in [-0.1, -0.05) is 35.9 Å². The average molecular weight is 379 g/mol. The van der Waals surface area contributed by atoms with Crippen LogP contribution >= 0.6 is 11.6 Å². The Morgan fingerprint density at radius 2 is 1.92 bits per heavy atom. The van der Waals surface area contributed by atoms with E-state index in [4.69, 9.17) is 11.6 Å². The molecular weight excluding hydrogens is 352 g/mol. The van der Waals surface area contributed by atoms with E-state index >= 15 is 0 Å². The highest BCUT2D eigenvalue weighted by Gasteiger charge is 2.26. The summed E-state index contributed by atoms with van der Waals surface area (Å²) in [6, 6.07) is 7.28. The van der Waals surface area contributed by atoms with Crippen LogP contribution in [0.2, 0.25) is 5.02 Å². The lowest BCUT2D eigenvalue weighted by Crippen LogP contribution is -2.55. The molecule has 2 N–H and O–H groups in total. The van der Waals surface area contributed by atoms with Crippen LogP contribution in [0.3, 0.4) is 0 Å². The van der Waals surface area contributed by atoms with Crippen LogP contribution in [-0.2, 0) is 16.1 Å². The normalized spacial score (nSPS) is 16.7. The molecule has 2 rings (SSSR count). The lowest BCUT2D eigenvalue weighted by atomic mass is 10.2. The fourth-order valence-corrected chi connectivity index (χ4v) is 3.09. The largest absolute Gasteiger partial charge is 0.352 e. The van der Waals surface area contributed by atoms with Gasteiger partial charge in [-0.15, -0.1) is 6.58 Å². The molecular formula is C19H27ClN4O2. The number of carbonyl (C=O) groups excluding carboxylic acids is 2. The van der Waals surface area contributed by atoms with E-state index in [1.165, 1.54) is 0 Å². The standard InChI is InChI=1S/C19H27ClN4O2/c1-3-8-21-18(25)14-23-9-11-24(12-10-23)15(2)19(26)22-13-16-6-4-5-7-17(16)20/h3-7,15H,1,8-14H2,2H3,(H,21,25)(H,22,26). The molecule has 1 aromatic rings. The second-order valence-corrected chi connectivity index (χ2v) is 6.80. The van der Waals surface area contributed by atoms with Gasteiger partial charge in [0.1, 0.15) is 0 Å². The van der Waals surface area contributed by atoms with Crippen molar-refractivity contribution in [2.24, 2.45) is 0 Å². The molecule has 142 valence electrons. The number of rotatable bonds is 8. The van der Waals surface area contributed by atoms with Crippen molar-refractivity contribution in [3.05, 3.63) is 47.5 Å². The molecule has 2 amide bonds. The van der Waals surface area contributed by atoms with E-state index in [9.17, 15) is 9.59 Å². The topological polar surface area (TPSA) is 64.7 Å². The van der Waals surface area contributed by atoms with Crippen LogP contribution in [0.4, 0.5) is 0 Å². The number of hydrogen-bond donors (Lipinski definition) is 2. The summed E-state index contributed by atoms with van der Waals surface area (Å²) in [5, 5.41) is 6.39. The van der Waals surface area contributed by atoms with Crippen LogP contribution in [-0.4, -0.2) is 66.9 Å². The molecule has 6 nitrogen and oxygen atoms in total. The zero-order valence-electron chi connectivity index (χ0n) is 15.2. The average Bonchev–Trinajstić information content (AvgIpc) is 2.65.